The number of alkyl halides is 6. The predicted octanol–water partition coefficient (Wildman–Crippen LogP) is 10.2. The Balaban J connectivity index is 1.28. The van der Waals surface area contributed by atoms with Gasteiger partial charge in [0.05, 0.1) is 5.56 Å². The van der Waals surface area contributed by atoms with Crippen LogP contribution in [0, 0.1) is 29.1 Å². The van der Waals surface area contributed by atoms with Crippen LogP contribution in [0.4, 0.5) is 48.3 Å². The molecule has 6 aromatic carbocycles. The van der Waals surface area contributed by atoms with Gasteiger partial charge in [-0.25, -0.2) is 22.0 Å². The quantitative estimate of drug-likeness (QED) is 0.0726. The minimum atomic E-state index is -4.76. The molecule has 0 N–H and O–H groups in total. The summed E-state index contributed by atoms with van der Waals surface area (Å²) in [7, 11) is 0. The molecule has 0 spiro atoms. The first-order chi connectivity index (χ1) is 27.1. The highest BCUT2D eigenvalue weighted by Crippen LogP contribution is 2.47. The molecule has 0 saturated heterocycles. The number of halogens is 11. The number of benzene rings is 6. The molecular formula is C40H18BF11O5. The smallest absolute Gasteiger partial charge is 0.422 e. The van der Waals surface area contributed by atoms with Crippen LogP contribution >= 0.6 is 0 Å². The van der Waals surface area contributed by atoms with Gasteiger partial charge in [0.1, 0.15) is 45.7 Å². The lowest BCUT2D eigenvalue weighted by Crippen LogP contribution is -2.58. The van der Waals surface area contributed by atoms with Crippen LogP contribution in [0.1, 0.15) is 0 Å². The standard InChI is InChI=1S/C40H18BF11O5/c42-33-28(34(43)36(45)37(46)35(33)44)17-10-12-21-20(14-17)29-18(4-1-5-22(29)55-21)19-11-13-27-32-38(19)57-26-9-3-7-24(54-16-40(50,51)52)31(26)41(32)30-23(53-15-39(47,48)49)6-2-8-25(30)56-27/h1-14H,15-16H2. The molecule has 0 aliphatic carbocycles. The fourth-order valence-corrected chi connectivity index (χ4v) is 7.36. The lowest BCUT2D eigenvalue weighted by molar-refractivity contribution is -0.153. The van der Waals surface area contributed by atoms with E-state index < -0.39 is 66.9 Å². The summed E-state index contributed by atoms with van der Waals surface area (Å²) in [6, 6.07) is 19.7. The molecule has 17 heteroatoms. The van der Waals surface area contributed by atoms with Crippen molar-refractivity contribution < 1.29 is 71.7 Å². The summed E-state index contributed by atoms with van der Waals surface area (Å²) < 4.78 is 182. The molecule has 3 heterocycles. The number of furan rings is 1. The van der Waals surface area contributed by atoms with Gasteiger partial charge in [0.25, 0.3) is 6.71 Å². The Labute approximate surface area is 312 Å². The molecule has 1 aromatic heterocycles. The second kappa shape index (κ2) is 12.8. The molecule has 0 radical (unpaired) electrons. The monoisotopic (exact) mass is 798 g/mol. The van der Waals surface area contributed by atoms with Gasteiger partial charge in [-0.3, -0.25) is 0 Å². The van der Waals surface area contributed by atoms with Gasteiger partial charge in [-0.2, -0.15) is 26.3 Å². The molecule has 0 bridgehead atoms. The number of rotatable bonds is 6. The van der Waals surface area contributed by atoms with Gasteiger partial charge in [-0.15, -0.1) is 0 Å². The summed E-state index contributed by atoms with van der Waals surface area (Å²) in [5.41, 5.74) is -0.246. The minimum absolute atomic E-state index is 0.0122. The highest BCUT2D eigenvalue weighted by Gasteiger charge is 2.46. The lowest BCUT2D eigenvalue weighted by Gasteiger charge is -2.35. The molecule has 288 valence electrons. The average molecular weight is 798 g/mol. The van der Waals surface area contributed by atoms with Crippen LogP contribution in [-0.2, 0) is 0 Å². The highest BCUT2D eigenvalue weighted by atomic mass is 19.4. The summed E-state index contributed by atoms with van der Waals surface area (Å²) in [4.78, 5) is 0. The third-order valence-corrected chi connectivity index (χ3v) is 9.57. The fourth-order valence-electron chi connectivity index (χ4n) is 7.36. The number of fused-ring (bicyclic) bond motifs is 7. The Hall–Kier alpha value is -6.39. The predicted molar refractivity (Wildman–Crippen MR) is 185 cm³/mol. The third-order valence-electron chi connectivity index (χ3n) is 9.57. The summed E-state index contributed by atoms with van der Waals surface area (Å²) in [6.07, 6.45) is -9.52. The zero-order valence-corrected chi connectivity index (χ0v) is 28.3. The van der Waals surface area contributed by atoms with Crippen molar-refractivity contribution in [1.82, 2.24) is 0 Å². The van der Waals surface area contributed by atoms with Crippen LogP contribution in [0.15, 0.2) is 89.3 Å². The van der Waals surface area contributed by atoms with E-state index in [9.17, 15) is 48.3 Å². The second-order valence-corrected chi connectivity index (χ2v) is 13.1. The van der Waals surface area contributed by atoms with Gasteiger partial charge >= 0.3 is 12.4 Å². The molecule has 9 rings (SSSR count). The van der Waals surface area contributed by atoms with Gasteiger partial charge in [-0.05, 0) is 65.7 Å². The van der Waals surface area contributed by atoms with E-state index in [1.165, 1.54) is 54.6 Å². The number of ether oxygens (including phenoxy) is 4. The van der Waals surface area contributed by atoms with Crippen molar-refractivity contribution >= 4 is 45.0 Å². The van der Waals surface area contributed by atoms with E-state index in [1.54, 1.807) is 24.3 Å². The van der Waals surface area contributed by atoms with Crippen LogP contribution in [0.25, 0.3) is 44.2 Å². The Morgan fingerprint density at radius 1 is 0.526 bits per heavy atom. The molecule has 0 fully saturated rings. The van der Waals surface area contributed by atoms with E-state index in [2.05, 4.69) is 0 Å². The van der Waals surface area contributed by atoms with Crippen molar-refractivity contribution in [3.63, 3.8) is 0 Å². The van der Waals surface area contributed by atoms with Gasteiger partial charge < -0.3 is 23.4 Å². The Kier molecular flexibility index (Phi) is 8.16. The molecule has 0 amide bonds. The summed E-state index contributed by atoms with van der Waals surface area (Å²) >= 11 is 0. The number of hydrogen-bond donors (Lipinski definition) is 0. The second-order valence-electron chi connectivity index (χ2n) is 13.1. The molecule has 7 aromatic rings. The minimum Gasteiger partial charge on any atom is -0.485 e. The highest BCUT2D eigenvalue weighted by molar-refractivity contribution is 6.99. The van der Waals surface area contributed by atoms with E-state index in [-0.39, 0.29) is 73.0 Å². The first kappa shape index (κ1) is 36.3. The van der Waals surface area contributed by atoms with Gasteiger partial charge in [0.2, 0.25) is 5.82 Å². The average Bonchev–Trinajstić information content (AvgIpc) is 3.55. The molecule has 0 saturated carbocycles. The molecule has 0 atom stereocenters. The zero-order chi connectivity index (χ0) is 40.1. The molecule has 0 unspecified atom stereocenters. The van der Waals surface area contributed by atoms with Gasteiger partial charge in [0, 0.05) is 32.7 Å². The van der Waals surface area contributed by atoms with E-state index in [4.69, 9.17) is 23.4 Å². The SMILES string of the molecule is Fc1c(F)c(F)c(-c2ccc3oc4cccc(-c5ccc6c7c5Oc5cccc(OCC(F)(F)F)c5B7c5c(OCC(F)(F)F)cccc5O6)c4c3c2)c(F)c1F. The van der Waals surface area contributed by atoms with Gasteiger partial charge in [0.15, 0.2) is 36.5 Å². The molecule has 2 aliphatic rings. The first-order valence-electron chi connectivity index (χ1n) is 16.7. The van der Waals surface area contributed by atoms with E-state index in [0.717, 1.165) is 6.07 Å². The Bertz CT molecular complexity index is 2750. The van der Waals surface area contributed by atoms with Crippen molar-refractivity contribution in [2.24, 2.45) is 0 Å². The fraction of sp³-hybridized carbons (Fsp3) is 0.100. The lowest BCUT2D eigenvalue weighted by atomic mass is 9.34. The summed E-state index contributed by atoms with van der Waals surface area (Å²) in [5, 5.41) is 0.487. The number of hydrogen-bond acceptors (Lipinski definition) is 5. The van der Waals surface area contributed by atoms with Crippen LogP contribution in [0.2, 0.25) is 0 Å². The molecule has 2 aliphatic heterocycles. The van der Waals surface area contributed by atoms with Gasteiger partial charge in [-0.1, -0.05) is 30.3 Å². The maximum Gasteiger partial charge on any atom is 0.422 e. The largest absolute Gasteiger partial charge is 0.485 e. The van der Waals surface area contributed by atoms with Crippen molar-refractivity contribution in [2.45, 2.75) is 12.4 Å². The van der Waals surface area contributed by atoms with Crippen molar-refractivity contribution in [1.29, 1.82) is 0 Å². The van der Waals surface area contributed by atoms with Crippen LogP contribution in [0.5, 0.6) is 34.5 Å². The summed E-state index contributed by atoms with van der Waals surface area (Å²) in [5.74, 6) is -11.0. The molecular weight excluding hydrogens is 780 g/mol. The zero-order valence-electron chi connectivity index (χ0n) is 28.3. The van der Waals surface area contributed by atoms with Crippen LogP contribution < -0.4 is 35.3 Å². The van der Waals surface area contributed by atoms with Crippen LogP contribution in [-0.4, -0.2) is 32.3 Å². The summed E-state index contributed by atoms with van der Waals surface area (Å²) in [6.45, 7) is -4.58. The van der Waals surface area contributed by atoms with E-state index in [1.807, 2.05) is 0 Å². The maximum absolute atomic E-state index is 15.0. The normalized spacial score (nSPS) is 13.2. The first-order valence-corrected chi connectivity index (χ1v) is 16.7. The van der Waals surface area contributed by atoms with Crippen LogP contribution in [0.3, 0.4) is 0 Å². The van der Waals surface area contributed by atoms with Crippen molar-refractivity contribution in [2.75, 3.05) is 13.2 Å². The van der Waals surface area contributed by atoms with E-state index >= 15 is 0 Å². The Morgan fingerprint density at radius 2 is 1.09 bits per heavy atom. The topological polar surface area (TPSA) is 50.1 Å². The van der Waals surface area contributed by atoms with Crippen molar-refractivity contribution in [3.05, 3.63) is 114 Å². The third kappa shape index (κ3) is 5.94. The Morgan fingerprint density at radius 3 is 1.70 bits per heavy atom. The molecule has 5 nitrogen and oxygen atoms in total. The maximum atomic E-state index is 15.0. The van der Waals surface area contributed by atoms with E-state index in [0.29, 0.717) is 16.5 Å². The van der Waals surface area contributed by atoms with Crippen molar-refractivity contribution in [3.8, 4) is 56.8 Å². The molecule has 57 heavy (non-hydrogen) atoms.